The standard InChI is InChI=1S/C7H14N2O2/c1-5-4-6(8)2-3-9(5)7(10)11/h5-6H,2-4,8H2,1H3,(H,10,11)/t5-,6+/m0/s1. The molecule has 11 heavy (non-hydrogen) atoms. The van der Waals surface area contributed by atoms with Gasteiger partial charge < -0.3 is 15.7 Å². The monoisotopic (exact) mass is 158 g/mol. The van der Waals surface area contributed by atoms with Crippen LogP contribution in [0, 0.1) is 0 Å². The van der Waals surface area contributed by atoms with Crippen LogP contribution in [-0.2, 0) is 0 Å². The third-order valence-electron chi connectivity index (χ3n) is 2.16. The maximum absolute atomic E-state index is 10.6. The molecule has 1 amide bonds. The van der Waals surface area contributed by atoms with Crippen LogP contribution in [0.4, 0.5) is 4.79 Å². The van der Waals surface area contributed by atoms with Crippen LogP contribution in [-0.4, -0.2) is 34.7 Å². The average Bonchev–Trinajstić information content (AvgIpc) is 1.85. The molecule has 0 unspecified atom stereocenters. The fourth-order valence-corrected chi connectivity index (χ4v) is 1.49. The molecule has 1 fully saturated rings. The third kappa shape index (κ3) is 1.83. The van der Waals surface area contributed by atoms with Crippen LogP contribution in [0.1, 0.15) is 19.8 Å². The van der Waals surface area contributed by atoms with Gasteiger partial charge in [0.1, 0.15) is 0 Å². The van der Waals surface area contributed by atoms with Crippen molar-refractivity contribution in [1.82, 2.24) is 4.90 Å². The highest BCUT2D eigenvalue weighted by atomic mass is 16.4. The molecule has 0 saturated carbocycles. The van der Waals surface area contributed by atoms with Crippen molar-refractivity contribution in [3.05, 3.63) is 0 Å². The lowest BCUT2D eigenvalue weighted by Gasteiger charge is -2.34. The molecule has 1 saturated heterocycles. The molecule has 1 aliphatic heterocycles. The fraction of sp³-hybridized carbons (Fsp3) is 0.857. The minimum absolute atomic E-state index is 0.0799. The van der Waals surface area contributed by atoms with Gasteiger partial charge in [-0.1, -0.05) is 0 Å². The molecule has 0 aliphatic carbocycles. The molecule has 0 aromatic carbocycles. The van der Waals surface area contributed by atoms with Gasteiger partial charge in [-0.2, -0.15) is 0 Å². The summed E-state index contributed by atoms with van der Waals surface area (Å²) < 4.78 is 0. The summed E-state index contributed by atoms with van der Waals surface area (Å²) in [7, 11) is 0. The summed E-state index contributed by atoms with van der Waals surface area (Å²) in [6.07, 6.45) is 0.743. The van der Waals surface area contributed by atoms with E-state index >= 15 is 0 Å². The van der Waals surface area contributed by atoms with E-state index in [1.54, 1.807) is 0 Å². The van der Waals surface area contributed by atoms with E-state index < -0.39 is 6.09 Å². The van der Waals surface area contributed by atoms with Crippen LogP contribution in [0.25, 0.3) is 0 Å². The number of piperidine rings is 1. The van der Waals surface area contributed by atoms with Gasteiger partial charge in [-0.15, -0.1) is 0 Å². The Hall–Kier alpha value is -0.770. The van der Waals surface area contributed by atoms with Gasteiger partial charge in [0.05, 0.1) is 0 Å². The zero-order valence-corrected chi connectivity index (χ0v) is 6.66. The summed E-state index contributed by atoms with van der Waals surface area (Å²) in [6.45, 7) is 2.48. The van der Waals surface area contributed by atoms with Crippen molar-refractivity contribution >= 4 is 6.09 Å². The van der Waals surface area contributed by atoms with Crippen LogP contribution in [0.5, 0.6) is 0 Å². The molecule has 1 heterocycles. The van der Waals surface area contributed by atoms with Gasteiger partial charge in [-0.05, 0) is 19.8 Å². The zero-order chi connectivity index (χ0) is 8.43. The Morgan fingerprint density at radius 1 is 1.73 bits per heavy atom. The molecular formula is C7H14N2O2. The van der Waals surface area contributed by atoms with Gasteiger partial charge in [-0.25, -0.2) is 4.79 Å². The first-order valence-corrected chi connectivity index (χ1v) is 3.86. The minimum Gasteiger partial charge on any atom is -0.465 e. The average molecular weight is 158 g/mol. The zero-order valence-electron chi connectivity index (χ0n) is 6.66. The lowest BCUT2D eigenvalue weighted by atomic mass is 10.00. The molecular weight excluding hydrogens is 144 g/mol. The number of hydrogen-bond donors (Lipinski definition) is 2. The highest BCUT2D eigenvalue weighted by Crippen LogP contribution is 2.15. The van der Waals surface area contributed by atoms with Crippen molar-refractivity contribution in [2.24, 2.45) is 5.73 Å². The van der Waals surface area contributed by atoms with Gasteiger partial charge in [0.25, 0.3) is 0 Å². The van der Waals surface area contributed by atoms with Crippen LogP contribution in [0.2, 0.25) is 0 Å². The summed E-state index contributed by atoms with van der Waals surface area (Å²) in [5.41, 5.74) is 5.67. The fourth-order valence-electron chi connectivity index (χ4n) is 1.49. The second kappa shape index (κ2) is 3.09. The van der Waals surface area contributed by atoms with Crippen molar-refractivity contribution in [2.75, 3.05) is 6.54 Å². The number of nitrogens with two attached hydrogens (primary N) is 1. The van der Waals surface area contributed by atoms with Gasteiger partial charge in [0.2, 0.25) is 0 Å². The number of hydrogen-bond acceptors (Lipinski definition) is 2. The van der Waals surface area contributed by atoms with Crippen LogP contribution in [0.15, 0.2) is 0 Å². The Morgan fingerprint density at radius 2 is 2.36 bits per heavy atom. The summed E-state index contributed by atoms with van der Waals surface area (Å²) in [5, 5.41) is 8.68. The van der Waals surface area contributed by atoms with E-state index in [0.29, 0.717) is 6.54 Å². The predicted octanol–water partition coefficient (Wildman–Crippen LogP) is 0.476. The first-order valence-electron chi connectivity index (χ1n) is 3.86. The largest absolute Gasteiger partial charge is 0.465 e. The van der Waals surface area contributed by atoms with Crippen molar-refractivity contribution < 1.29 is 9.90 Å². The second-order valence-corrected chi connectivity index (χ2v) is 3.11. The van der Waals surface area contributed by atoms with Crippen LogP contribution < -0.4 is 5.73 Å². The molecule has 3 N–H and O–H groups in total. The summed E-state index contributed by atoms with van der Waals surface area (Å²) in [5.74, 6) is 0. The number of carbonyl (C=O) groups is 1. The van der Waals surface area contributed by atoms with E-state index in [2.05, 4.69) is 0 Å². The van der Waals surface area contributed by atoms with E-state index in [0.717, 1.165) is 12.8 Å². The maximum Gasteiger partial charge on any atom is 0.407 e. The molecule has 2 atom stereocenters. The van der Waals surface area contributed by atoms with Crippen LogP contribution >= 0.6 is 0 Å². The summed E-state index contributed by atoms with van der Waals surface area (Å²) in [4.78, 5) is 12.0. The normalized spacial score (nSPS) is 32.0. The Kier molecular flexibility index (Phi) is 2.34. The van der Waals surface area contributed by atoms with Gasteiger partial charge in [0.15, 0.2) is 0 Å². The minimum atomic E-state index is -0.829. The Morgan fingerprint density at radius 3 is 2.82 bits per heavy atom. The Labute approximate surface area is 66.0 Å². The smallest absolute Gasteiger partial charge is 0.407 e. The van der Waals surface area contributed by atoms with E-state index in [1.807, 2.05) is 6.92 Å². The Bertz CT molecular complexity index is 161. The van der Waals surface area contributed by atoms with Crippen LogP contribution in [0.3, 0.4) is 0 Å². The van der Waals surface area contributed by atoms with Gasteiger partial charge in [0, 0.05) is 18.6 Å². The molecule has 1 aliphatic rings. The number of nitrogens with zero attached hydrogens (tertiary/aromatic N) is 1. The first-order chi connectivity index (χ1) is 5.11. The summed E-state index contributed by atoms with van der Waals surface area (Å²) >= 11 is 0. The van der Waals surface area contributed by atoms with Crippen molar-refractivity contribution in [3.8, 4) is 0 Å². The molecule has 1 rings (SSSR count). The van der Waals surface area contributed by atoms with E-state index in [1.165, 1.54) is 4.90 Å². The summed E-state index contributed by atoms with van der Waals surface area (Å²) in [6, 6.07) is 0.261. The molecule has 4 nitrogen and oxygen atoms in total. The molecule has 0 radical (unpaired) electrons. The Balaban J connectivity index is 2.50. The third-order valence-corrected chi connectivity index (χ3v) is 2.16. The predicted molar refractivity (Wildman–Crippen MR) is 41.4 cm³/mol. The molecule has 0 aromatic rings. The quantitative estimate of drug-likeness (QED) is 0.538. The molecule has 4 heteroatoms. The van der Waals surface area contributed by atoms with Gasteiger partial charge >= 0.3 is 6.09 Å². The van der Waals surface area contributed by atoms with Crippen molar-refractivity contribution in [1.29, 1.82) is 0 Å². The molecule has 64 valence electrons. The highest BCUT2D eigenvalue weighted by Gasteiger charge is 2.26. The van der Waals surface area contributed by atoms with Gasteiger partial charge in [-0.3, -0.25) is 0 Å². The van der Waals surface area contributed by atoms with Crippen molar-refractivity contribution in [2.45, 2.75) is 31.8 Å². The lowest BCUT2D eigenvalue weighted by molar-refractivity contribution is 0.107. The second-order valence-electron chi connectivity index (χ2n) is 3.11. The van der Waals surface area contributed by atoms with Crippen molar-refractivity contribution in [3.63, 3.8) is 0 Å². The first kappa shape index (κ1) is 8.33. The van der Waals surface area contributed by atoms with E-state index in [-0.39, 0.29) is 12.1 Å². The lowest BCUT2D eigenvalue weighted by Crippen LogP contribution is -2.47. The highest BCUT2D eigenvalue weighted by molar-refractivity contribution is 5.65. The SMILES string of the molecule is C[C@H]1C[C@H](N)CCN1C(=O)O. The number of carboxylic acid groups (broad SMARTS) is 1. The number of amides is 1. The molecule has 0 spiro atoms. The molecule has 0 bridgehead atoms. The van der Waals surface area contributed by atoms with E-state index in [9.17, 15) is 4.79 Å². The molecule has 0 aromatic heterocycles. The number of rotatable bonds is 0. The maximum atomic E-state index is 10.6. The topological polar surface area (TPSA) is 66.6 Å². The van der Waals surface area contributed by atoms with E-state index in [4.69, 9.17) is 10.8 Å². The number of likely N-dealkylation sites (tertiary alicyclic amines) is 1.